The lowest BCUT2D eigenvalue weighted by Crippen LogP contribution is -2.29. The van der Waals surface area contributed by atoms with Gasteiger partial charge in [-0.05, 0) is 23.8 Å². The maximum atomic E-state index is 11.9. The van der Waals surface area contributed by atoms with Crippen molar-refractivity contribution in [2.45, 2.75) is 0 Å². The minimum absolute atomic E-state index is 0.0968. The molecule has 0 radical (unpaired) electrons. The van der Waals surface area contributed by atoms with E-state index in [4.69, 9.17) is 16.6 Å². The summed E-state index contributed by atoms with van der Waals surface area (Å²) in [6.45, 7) is -0.499. The molecule has 0 aliphatic heterocycles. The summed E-state index contributed by atoms with van der Waals surface area (Å²) in [5, 5.41) is 13.4. The van der Waals surface area contributed by atoms with Crippen LogP contribution >= 0.6 is 11.3 Å². The maximum absolute atomic E-state index is 11.9. The Hall–Kier alpha value is -3.40. The zero-order valence-electron chi connectivity index (χ0n) is 12.7. The van der Waals surface area contributed by atoms with Crippen molar-refractivity contribution in [1.29, 1.82) is 0 Å². The van der Waals surface area contributed by atoms with Crippen LogP contribution in [0.1, 0.15) is 20.7 Å². The highest BCUT2D eigenvalue weighted by atomic mass is 32.1. The molecular formula is C15H14N4O5S. The number of primary amides is 2. The number of rotatable bonds is 6. The number of aliphatic carboxylic acids is 1. The van der Waals surface area contributed by atoms with E-state index in [1.807, 2.05) is 0 Å². The van der Waals surface area contributed by atoms with Crippen LogP contribution in [-0.4, -0.2) is 35.5 Å². The van der Waals surface area contributed by atoms with Crippen LogP contribution in [0, 0.1) is 0 Å². The Labute approximate surface area is 145 Å². The first-order chi connectivity index (χ1) is 11.8. The third-order valence-electron chi connectivity index (χ3n) is 3.04. The molecule has 0 saturated heterocycles. The minimum Gasteiger partial charge on any atom is -0.480 e. The lowest BCUT2D eigenvalue weighted by Gasteiger charge is -2.04. The molecule has 25 heavy (non-hydrogen) atoms. The quantitative estimate of drug-likeness (QED) is 0.512. The number of carboxylic acids is 1. The van der Waals surface area contributed by atoms with Gasteiger partial charge in [-0.25, -0.2) is 4.79 Å². The number of carbonyl (C=O) groups is 4. The van der Waals surface area contributed by atoms with Gasteiger partial charge in [-0.15, -0.1) is 11.3 Å². The van der Waals surface area contributed by atoms with Crippen molar-refractivity contribution in [3.05, 3.63) is 41.5 Å². The van der Waals surface area contributed by atoms with Gasteiger partial charge in [0.1, 0.15) is 11.5 Å². The smallest absolute Gasteiger partial charge is 0.322 e. The first-order valence-corrected chi connectivity index (χ1v) is 7.70. The number of hydrogen-bond acceptors (Lipinski definition) is 5. The lowest BCUT2D eigenvalue weighted by atomic mass is 10.1. The zero-order chi connectivity index (χ0) is 18.6. The van der Waals surface area contributed by atoms with E-state index in [0.29, 0.717) is 10.4 Å². The number of nitrogens with two attached hydrogens (primary N) is 2. The second-order valence-corrected chi connectivity index (χ2v) is 5.92. The van der Waals surface area contributed by atoms with Crippen molar-refractivity contribution in [3.8, 4) is 10.4 Å². The van der Waals surface area contributed by atoms with E-state index in [9.17, 15) is 19.2 Å². The number of carbonyl (C=O) groups excluding carboxylic acids is 3. The maximum Gasteiger partial charge on any atom is 0.322 e. The molecular weight excluding hydrogens is 348 g/mol. The van der Waals surface area contributed by atoms with E-state index in [1.54, 1.807) is 12.1 Å². The third-order valence-corrected chi connectivity index (χ3v) is 4.14. The van der Waals surface area contributed by atoms with Gasteiger partial charge in [-0.3, -0.25) is 19.7 Å². The molecule has 1 aromatic heterocycles. The Morgan fingerprint density at radius 2 is 1.84 bits per heavy atom. The zero-order valence-corrected chi connectivity index (χ0v) is 13.6. The summed E-state index contributed by atoms with van der Waals surface area (Å²) in [7, 11) is 0. The van der Waals surface area contributed by atoms with Gasteiger partial charge in [0.15, 0.2) is 0 Å². The molecule has 1 heterocycles. The van der Waals surface area contributed by atoms with Crippen LogP contribution < -0.4 is 22.1 Å². The fraction of sp³-hybridized carbons (Fsp3) is 0.0667. The minimum atomic E-state index is -1.16. The highest BCUT2D eigenvalue weighted by molar-refractivity contribution is 7.20. The molecule has 0 bridgehead atoms. The highest BCUT2D eigenvalue weighted by Crippen LogP contribution is 2.35. The summed E-state index contributed by atoms with van der Waals surface area (Å²) in [6.07, 6.45) is 0. The molecule has 0 unspecified atom stereocenters. The van der Waals surface area contributed by atoms with E-state index in [0.717, 1.165) is 11.3 Å². The monoisotopic (exact) mass is 362 g/mol. The highest BCUT2D eigenvalue weighted by Gasteiger charge is 2.17. The SMILES string of the molecule is NC(=O)Nc1sc(-c2cccc(C(=O)NCC(=O)O)c2)cc1C(N)=O. The predicted octanol–water partition coefficient (Wildman–Crippen LogP) is 0.819. The summed E-state index contributed by atoms with van der Waals surface area (Å²) in [5.74, 6) is -2.44. The van der Waals surface area contributed by atoms with Crippen molar-refractivity contribution >= 4 is 40.2 Å². The van der Waals surface area contributed by atoms with Crippen molar-refractivity contribution in [3.63, 3.8) is 0 Å². The van der Waals surface area contributed by atoms with Crippen LogP contribution in [0.25, 0.3) is 10.4 Å². The van der Waals surface area contributed by atoms with Crippen LogP contribution in [0.4, 0.5) is 9.80 Å². The van der Waals surface area contributed by atoms with Crippen LogP contribution in [-0.2, 0) is 4.79 Å². The van der Waals surface area contributed by atoms with Crippen LogP contribution in [0.5, 0.6) is 0 Å². The molecule has 2 aromatic rings. The van der Waals surface area contributed by atoms with E-state index >= 15 is 0 Å². The fourth-order valence-corrected chi connectivity index (χ4v) is 3.06. The average Bonchev–Trinajstić information content (AvgIpc) is 2.96. The number of carboxylic acid groups (broad SMARTS) is 1. The Bertz CT molecular complexity index is 861. The van der Waals surface area contributed by atoms with Crippen LogP contribution in [0.3, 0.4) is 0 Å². The van der Waals surface area contributed by atoms with Crippen LogP contribution in [0.15, 0.2) is 30.3 Å². The number of amides is 4. The summed E-state index contributed by atoms with van der Waals surface area (Å²) in [6, 6.07) is 6.99. The molecule has 130 valence electrons. The number of urea groups is 1. The first kappa shape index (κ1) is 17.9. The Kier molecular flexibility index (Phi) is 5.35. The van der Waals surface area contributed by atoms with Crippen molar-refractivity contribution < 1.29 is 24.3 Å². The van der Waals surface area contributed by atoms with Gasteiger partial charge in [0, 0.05) is 10.4 Å². The summed E-state index contributed by atoms with van der Waals surface area (Å²) in [5.41, 5.74) is 11.3. The Balaban J connectivity index is 2.34. The molecule has 2 rings (SSSR count). The molecule has 0 aliphatic carbocycles. The van der Waals surface area contributed by atoms with Gasteiger partial charge in [0.2, 0.25) is 0 Å². The van der Waals surface area contributed by atoms with Crippen molar-refractivity contribution in [1.82, 2.24) is 5.32 Å². The van der Waals surface area contributed by atoms with Gasteiger partial charge >= 0.3 is 12.0 Å². The molecule has 0 aliphatic rings. The topological polar surface area (TPSA) is 165 Å². The molecule has 10 heteroatoms. The second-order valence-electron chi connectivity index (χ2n) is 4.86. The van der Waals surface area contributed by atoms with E-state index in [1.165, 1.54) is 18.2 Å². The molecule has 0 atom stereocenters. The summed E-state index contributed by atoms with van der Waals surface area (Å²) >= 11 is 1.07. The van der Waals surface area contributed by atoms with Crippen LogP contribution in [0.2, 0.25) is 0 Å². The number of anilines is 1. The van der Waals surface area contributed by atoms with E-state index in [-0.39, 0.29) is 16.1 Å². The van der Waals surface area contributed by atoms with Gasteiger partial charge in [0.25, 0.3) is 11.8 Å². The molecule has 7 N–H and O–H groups in total. The Morgan fingerprint density at radius 3 is 2.44 bits per heavy atom. The molecule has 0 spiro atoms. The fourth-order valence-electron chi connectivity index (χ4n) is 1.99. The molecule has 9 nitrogen and oxygen atoms in total. The second kappa shape index (κ2) is 7.45. The molecule has 1 aromatic carbocycles. The molecule has 0 fully saturated rings. The summed E-state index contributed by atoms with van der Waals surface area (Å²) in [4.78, 5) is 45.5. The van der Waals surface area contributed by atoms with Gasteiger partial charge in [-0.1, -0.05) is 12.1 Å². The molecule has 4 amide bonds. The number of benzene rings is 1. The van der Waals surface area contributed by atoms with Gasteiger partial charge in [0.05, 0.1) is 5.56 Å². The lowest BCUT2D eigenvalue weighted by molar-refractivity contribution is -0.135. The number of hydrogen-bond donors (Lipinski definition) is 5. The van der Waals surface area contributed by atoms with Crippen molar-refractivity contribution in [2.75, 3.05) is 11.9 Å². The van der Waals surface area contributed by atoms with E-state index < -0.39 is 30.4 Å². The van der Waals surface area contributed by atoms with E-state index in [2.05, 4.69) is 10.6 Å². The van der Waals surface area contributed by atoms with Gasteiger partial charge in [-0.2, -0.15) is 0 Å². The predicted molar refractivity (Wildman–Crippen MR) is 91.4 cm³/mol. The number of thiophene rings is 1. The normalized spacial score (nSPS) is 10.1. The number of nitrogens with one attached hydrogen (secondary N) is 2. The largest absolute Gasteiger partial charge is 0.480 e. The third kappa shape index (κ3) is 4.54. The van der Waals surface area contributed by atoms with Crippen molar-refractivity contribution in [2.24, 2.45) is 11.5 Å². The molecule has 0 saturated carbocycles. The first-order valence-electron chi connectivity index (χ1n) is 6.88. The Morgan fingerprint density at radius 1 is 1.12 bits per heavy atom. The average molecular weight is 362 g/mol. The summed E-state index contributed by atoms with van der Waals surface area (Å²) < 4.78 is 0. The van der Waals surface area contributed by atoms with Gasteiger partial charge < -0.3 is 21.9 Å². The standard InChI is InChI=1S/C15H14N4O5S/c16-12(22)9-5-10(25-14(9)19-15(17)24)7-2-1-3-8(4-7)13(23)18-6-11(20)21/h1-5H,6H2,(H2,16,22)(H,18,23)(H,20,21)(H3,17,19,24).